The monoisotopic (exact) mass is 631 g/mol. The summed E-state index contributed by atoms with van der Waals surface area (Å²) in [5.41, 5.74) is 8.15. The van der Waals surface area contributed by atoms with Gasteiger partial charge in [0, 0.05) is 52.5 Å². The Morgan fingerprint density at radius 3 is 2.00 bits per heavy atom. The van der Waals surface area contributed by atoms with Crippen molar-refractivity contribution in [1.82, 2.24) is 0 Å². The Hall–Kier alpha value is -1.43. The number of methoxy groups -OCH3 is 2. The molecule has 7 nitrogen and oxygen atoms in total. The van der Waals surface area contributed by atoms with Crippen molar-refractivity contribution >= 4 is 0 Å². The van der Waals surface area contributed by atoms with E-state index in [9.17, 15) is 13.2 Å². The molecule has 0 saturated carbocycles. The molecular weight excluding hydrogens is 592 g/mol. The van der Waals surface area contributed by atoms with Gasteiger partial charge in [-0.05, 0) is 75.4 Å². The first-order valence-corrected chi connectivity index (χ1v) is 12.5. The molecule has 217 valence electrons. The molecule has 3 rings (SSSR count). The van der Waals surface area contributed by atoms with Crippen molar-refractivity contribution in [1.29, 1.82) is 0 Å². The van der Waals surface area contributed by atoms with E-state index in [0.717, 1.165) is 11.6 Å². The standard InChI is InChI=1S/C26H33F3NO5.C2H6O.Y/c1-24(2)34-16-25(30,17-35-24)12-11-19-7-9-21(20(14-19)26(27,28)29)33-13-5-6-18-8-10-22(31-3)23(15-18)32-4;1-2-3;/h7-10,14-15,30H,5-6,11-13,16-17H2,1-4H3;3H,2H2,1H3;/q-1;;. The van der Waals surface area contributed by atoms with Crippen molar-refractivity contribution in [3.63, 3.8) is 0 Å². The zero-order valence-corrected chi connectivity index (χ0v) is 26.2. The van der Waals surface area contributed by atoms with Crippen LogP contribution in [0.3, 0.4) is 0 Å². The molecule has 0 bridgehead atoms. The third-order valence-corrected chi connectivity index (χ3v) is 5.95. The van der Waals surface area contributed by atoms with Crippen LogP contribution in [0.5, 0.6) is 17.2 Å². The summed E-state index contributed by atoms with van der Waals surface area (Å²) >= 11 is 0. The van der Waals surface area contributed by atoms with Gasteiger partial charge < -0.3 is 34.5 Å². The molecule has 1 fully saturated rings. The summed E-state index contributed by atoms with van der Waals surface area (Å²) in [6, 6.07) is 9.63. The first kappa shape index (κ1) is 35.6. The quantitative estimate of drug-likeness (QED) is 0.313. The van der Waals surface area contributed by atoms with E-state index >= 15 is 0 Å². The summed E-state index contributed by atoms with van der Waals surface area (Å²) in [5, 5.41) is 7.57. The van der Waals surface area contributed by atoms with E-state index < -0.39 is 23.1 Å². The molecule has 39 heavy (non-hydrogen) atoms. The topological polar surface area (TPSA) is 90.2 Å². The maximum Gasteiger partial charge on any atom is 0.419 e. The molecule has 1 radical (unpaired) electrons. The predicted molar refractivity (Wildman–Crippen MR) is 139 cm³/mol. The van der Waals surface area contributed by atoms with Crippen LogP contribution in [0.1, 0.15) is 50.3 Å². The van der Waals surface area contributed by atoms with Gasteiger partial charge in [-0.2, -0.15) is 13.2 Å². The first-order valence-electron chi connectivity index (χ1n) is 12.5. The van der Waals surface area contributed by atoms with Gasteiger partial charge in [0.25, 0.3) is 0 Å². The Labute approximate surface area is 254 Å². The number of rotatable bonds is 10. The average Bonchev–Trinajstić information content (AvgIpc) is 2.87. The second-order valence-electron chi connectivity index (χ2n) is 9.54. The van der Waals surface area contributed by atoms with E-state index in [-0.39, 0.29) is 64.9 Å². The fourth-order valence-corrected chi connectivity index (χ4v) is 3.81. The summed E-state index contributed by atoms with van der Waals surface area (Å²) in [6.45, 7) is 5.96. The number of benzene rings is 2. The van der Waals surface area contributed by atoms with Crippen molar-refractivity contribution in [3.05, 3.63) is 58.8 Å². The Bertz CT molecular complexity index is 1010. The molecule has 1 aliphatic heterocycles. The average molecular weight is 632 g/mol. The molecule has 0 amide bonds. The number of hydrogen-bond donors (Lipinski definition) is 1. The largest absolute Gasteiger partial charge is 0.668 e. The van der Waals surface area contributed by atoms with Crippen LogP contribution in [0, 0.1) is 0 Å². The van der Waals surface area contributed by atoms with Crippen LogP contribution in [0.4, 0.5) is 13.2 Å². The van der Waals surface area contributed by atoms with E-state index in [1.54, 1.807) is 47.1 Å². The SMILES string of the molecule is CCO.COc1ccc(CCCOc2ccc(CCC3([NH-])COC(C)(C)OC3)cc2C(F)(F)F)cc1OC.[Y]. The van der Waals surface area contributed by atoms with Gasteiger partial charge in [-0.3, -0.25) is 0 Å². The van der Waals surface area contributed by atoms with Crippen molar-refractivity contribution in [2.24, 2.45) is 0 Å². The maximum absolute atomic E-state index is 13.7. The second kappa shape index (κ2) is 16.1. The van der Waals surface area contributed by atoms with E-state index in [1.165, 1.54) is 6.07 Å². The maximum atomic E-state index is 13.7. The fraction of sp³-hybridized carbons (Fsp3) is 0.571. The molecule has 2 N–H and O–H groups in total. The van der Waals surface area contributed by atoms with Gasteiger partial charge in [-0.25, -0.2) is 0 Å². The van der Waals surface area contributed by atoms with E-state index in [2.05, 4.69) is 0 Å². The molecule has 1 heterocycles. The van der Waals surface area contributed by atoms with Crippen LogP contribution < -0.4 is 14.2 Å². The van der Waals surface area contributed by atoms with Crippen molar-refractivity contribution < 1.29 is 74.7 Å². The normalized spacial score (nSPS) is 15.8. The number of aliphatic hydroxyl groups excluding tert-OH is 1. The Morgan fingerprint density at radius 2 is 1.46 bits per heavy atom. The number of hydrogen-bond acceptors (Lipinski definition) is 6. The molecule has 0 atom stereocenters. The van der Waals surface area contributed by atoms with Gasteiger partial charge in [0.05, 0.1) is 26.4 Å². The molecule has 1 saturated heterocycles. The van der Waals surface area contributed by atoms with Gasteiger partial charge >= 0.3 is 6.18 Å². The van der Waals surface area contributed by atoms with Crippen molar-refractivity contribution in [2.45, 2.75) is 64.0 Å². The van der Waals surface area contributed by atoms with Gasteiger partial charge in [0.1, 0.15) is 5.75 Å². The van der Waals surface area contributed by atoms with E-state index in [1.807, 2.05) is 12.1 Å². The molecule has 0 aromatic heterocycles. The van der Waals surface area contributed by atoms with E-state index in [4.69, 9.17) is 34.5 Å². The smallest absolute Gasteiger partial charge is 0.419 e. The molecular formula is C28H39F3NO6Y-. The zero-order chi connectivity index (χ0) is 28.4. The minimum absolute atomic E-state index is 0. The van der Waals surface area contributed by atoms with Gasteiger partial charge in [-0.15, -0.1) is 0 Å². The van der Waals surface area contributed by atoms with Gasteiger partial charge in [0.15, 0.2) is 17.3 Å². The zero-order valence-electron chi connectivity index (χ0n) is 23.3. The van der Waals surface area contributed by atoms with Crippen LogP contribution in [0.2, 0.25) is 0 Å². The number of ether oxygens (including phenoxy) is 5. The number of aryl methyl sites for hydroxylation is 2. The summed E-state index contributed by atoms with van der Waals surface area (Å²) in [4.78, 5) is 0. The molecule has 11 heteroatoms. The molecule has 2 aromatic carbocycles. The minimum Gasteiger partial charge on any atom is -0.668 e. The predicted octanol–water partition coefficient (Wildman–Crippen LogP) is 6.24. The summed E-state index contributed by atoms with van der Waals surface area (Å²) in [5.74, 6) is 0.281. The number of alkyl halides is 3. The molecule has 0 aliphatic carbocycles. The van der Waals surface area contributed by atoms with Crippen LogP contribution in [0.15, 0.2) is 36.4 Å². The van der Waals surface area contributed by atoms with Gasteiger partial charge in [0.2, 0.25) is 0 Å². The van der Waals surface area contributed by atoms with Crippen LogP contribution >= 0.6 is 0 Å². The Kier molecular flexibility index (Phi) is 14.7. The third kappa shape index (κ3) is 11.5. The molecule has 2 aromatic rings. The second-order valence-corrected chi connectivity index (χ2v) is 9.54. The van der Waals surface area contributed by atoms with Crippen LogP contribution in [-0.4, -0.2) is 57.1 Å². The van der Waals surface area contributed by atoms with E-state index in [0.29, 0.717) is 42.7 Å². The Balaban J connectivity index is 0.00000181. The van der Waals surface area contributed by atoms with Crippen LogP contribution in [-0.2, 0) is 61.2 Å². The third-order valence-electron chi connectivity index (χ3n) is 5.95. The molecule has 0 unspecified atom stereocenters. The van der Waals surface area contributed by atoms with Crippen molar-refractivity contribution in [2.75, 3.05) is 40.6 Å². The number of nitrogens with one attached hydrogen (secondary N) is 1. The minimum atomic E-state index is -4.55. The van der Waals surface area contributed by atoms with Crippen LogP contribution in [0.25, 0.3) is 5.73 Å². The number of halogens is 3. The fourth-order valence-electron chi connectivity index (χ4n) is 3.81. The van der Waals surface area contributed by atoms with Gasteiger partial charge in [-0.1, -0.05) is 24.1 Å². The number of aliphatic hydroxyl groups is 1. The Morgan fingerprint density at radius 1 is 0.923 bits per heavy atom. The summed E-state index contributed by atoms with van der Waals surface area (Å²) < 4.78 is 68.3. The molecule has 0 spiro atoms. The summed E-state index contributed by atoms with van der Waals surface area (Å²) in [6.07, 6.45) is -2.77. The summed E-state index contributed by atoms with van der Waals surface area (Å²) in [7, 11) is 3.10. The molecule has 1 aliphatic rings. The first-order chi connectivity index (χ1) is 17.9. The van der Waals surface area contributed by atoms with Crippen molar-refractivity contribution in [3.8, 4) is 17.2 Å².